The average molecular weight is 265 g/mol. The minimum Gasteiger partial charge on any atom is -0.246 e. The lowest BCUT2D eigenvalue weighted by Gasteiger charge is -1.91. The molecule has 0 unspecified atom stereocenters. The van der Waals surface area contributed by atoms with Crippen LogP contribution in [-0.2, 0) is 12.8 Å². The molecule has 0 aromatic carbocycles. The maximum Gasteiger partial charge on any atom is 0.120 e. The standard InChI is InChI=1S/C12H15N3S2/c1-7-8(2)16-10(13-7)5-6-11-14-15-12(17-11)9-3-4-9/h9H,3-6H2,1-2H3. The molecule has 0 N–H and O–H groups in total. The monoisotopic (exact) mass is 265 g/mol. The maximum atomic E-state index is 4.55. The summed E-state index contributed by atoms with van der Waals surface area (Å²) in [5.74, 6) is 0.727. The van der Waals surface area contributed by atoms with Gasteiger partial charge in [-0.05, 0) is 26.7 Å². The molecule has 3 nitrogen and oxygen atoms in total. The van der Waals surface area contributed by atoms with Crippen LogP contribution in [0.25, 0.3) is 0 Å². The summed E-state index contributed by atoms with van der Waals surface area (Å²) < 4.78 is 0. The SMILES string of the molecule is Cc1nc(CCc2nnc(C3CC3)s2)sc1C. The molecule has 5 heteroatoms. The van der Waals surface area contributed by atoms with E-state index in [2.05, 4.69) is 29.0 Å². The largest absolute Gasteiger partial charge is 0.246 e. The van der Waals surface area contributed by atoms with E-state index >= 15 is 0 Å². The maximum absolute atomic E-state index is 4.55. The van der Waals surface area contributed by atoms with Gasteiger partial charge in [-0.25, -0.2) is 4.98 Å². The Balaban J connectivity index is 1.62. The number of nitrogens with zero attached hydrogens (tertiary/aromatic N) is 3. The van der Waals surface area contributed by atoms with E-state index in [0.717, 1.165) is 23.8 Å². The van der Waals surface area contributed by atoms with Crippen LogP contribution in [0.1, 0.15) is 44.4 Å². The highest BCUT2D eigenvalue weighted by atomic mass is 32.1. The third-order valence-corrected chi connectivity index (χ3v) is 5.31. The molecule has 1 aliphatic rings. The van der Waals surface area contributed by atoms with Crippen molar-refractivity contribution in [2.75, 3.05) is 0 Å². The Kier molecular flexibility index (Phi) is 2.96. The van der Waals surface area contributed by atoms with Gasteiger partial charge in [0.05, 0.1) is 10.7 Å². The second-order valence-electron chi connectivity index (χ2n) is 4.56. The summed E-state index contributed by atoms with van der Waals surface area (Å²) >= 11 is 3.59. The second-order valence-corrected chi connectivity index (χ2v) is 6.94. The first-order chi connectivity index (χ1) is 8.22. The molecule has 3 rings (SSSR count). The van der Waals surface area contributed by atoms with E-state index in [1.165, 1.54) is 33.4 Å². The normalized spacial score (nSPS) is 15.4. The summed E-state index contributed by atoms with van der Waals surface area (Å²) in [5.41, 5.74) is 1.17. The molecular weight excluding hydrogens is 250 g/mol. The number of rotatable bonds is 4. The van der Waals surface area contributed by atoms with Gasteiger partial charge in [-0.2, -0.15) is 0 Å². The molecule has 1 saturated carbocycles. The van der Waals surface area contributed by atoms with E-state index in [9.17, 15) is 0 Å². The summed E-state index contributed by atoms with van der Waals surface area (Å²) in [6.45, 7) is 4.21. The Labute approximate surface area is 109 Å². The first kappa shape index (κ1) is 11.3. The Hall–Kier alpha value is -0.810. The van der Waals surface area contributed by atoms with Crippen molar-refractivity contribution in [1.82, 2.24) is 15.2 Å². The smallest absolute Gasteiger partial charge is 0.120 e. The summed E-state index contributed by atoms with van der Waals surface area (Å²) in [6, 6.07) is 0. The number of aromatic nitrogens is 3. The van der Waals surface area contributed by atoms with Crippen molar-refractivity contribution in [2.45, 2.75) is 45.4 Å². The van der Waals surface area contributed by atoms with Crippen molar-refractivity contribution < 1.29 is 0 Å². The van der Waals surface area contributed by atoms with Crippen LogP contribution in [0.2, 0.25) is 0 Å². The van der Waals surface area contributed by atoms with Gasteiger partial charge in [-0.3, -0.25) is 0 Å². The first-order valence-electron chi connectivity index (χ1n) is 5.97. The number of aryl methyl sites for hydroxylation is 4. The third-order valence-electron chi connectivity index (χ3n) is 3.03. The van der Waals surface area contributed by atoms with Crippen LogP contribution in [-0.4, -0.2) is 15.2 Å². The molecule has 1 fully saturated rings. The van der Waals surface area contributed by atoms with Crippen molar-refractivity contribution in [1.29, 1.82) is 0 Å². The van der Waals surface area contributed by atoms with Crippen LogP contribution in [0.15, 0.2) is 0 Å². The molecule has 2 heterocycles. The zero-order valence-electron chi connectivity index (χ0n) is 10.1. The fourth-order valence-corrected chi connectivity index (χ4v) is 3.67. The summed E-state index contributed by atoms with van der Waals surface area (Å²) in [5, 5.41) is 12.2. The second kappa shape index (κ2) is 4.46. The lowest BCUT2D eigenvalue weighted by molar-refractivity contribution is 0.877. The Morgan fingerprint density at radius 2 is 1.82 bits per heavy atom. The third kappa shape index (κ3) is 2.55. The van der Waals surface area contributed by atoms with Crippen LogP contribution in [0.5, 0.6) is 0 Å². The van der Waals surface area contributed by atoms with Gasteiger partial charge in [0.25, 0.3) is 0 Å². The van der Waals surface area contributed by atoms with Crippen LogP contribution in [0.4, 0.5) is 0 Å². The van der Waals surface area contributed by atoms with E-state index in [0.29, 0.717) is 0 Å². The van der Waals surface area contributed by atoms with Gasteiger partial charge in [0.1, 0.15) is 10.0 Å². The molecule has 0 aliphatic heterocycles. The summed E-state index contributed by atoms with van der Waals surface area (Å²) in [6.07, 6.45) is 4.59. The van der Waals surface area contributed by atoms with Gasteiger partial charge in [0.2, 0.25) is 0 Å². The minimum atomic E-state index is 0.727. The zero-order chi connectivity index (χ0) is 11.8. The van der Waals surface area contributed by atoms with E-state index in [1.807, 2.05) is 0 Å². The lowest BCUT2D eigenvalue weighted by Crippen LogP contribution is -1.90. The quantitative estimate of drug-likeness (QED) is 0.851. The first-order valence-corrected chi connectivity index (χ1v) is 7.61. The molecule has 2 aromatic rings. The molecule has 0 radical (unpaired) electrons. The minimum absolute atomic E-state index is 0.727. The predicted octanol–water partition coefficient (Wildman–Crippen LogP) is 3.27. The van der Waals surface area contributed by atoms with Gasteiger partial charge in [-0.15, -0.1) is 32.9 Å². The van der Waals surface area contributed by atoms with Gasteiger partial charge in [0, 0.05) is 23.6 Å². The van der Waals surface area contributed by atoms with Gasteiger partial charge >= 0.3 is 0 Å². The van der Waals surface area contributed by atoms with E-state index in [4.69, 9.17) is 0 Å². The molecule has 2 aromatic heterocycles. The Bertz CT molecular complexity index is 506. The Morgan fingerprint density at radius 3 is 2.47 bits per heavy atom. The van der Waals surface area contributed by atoms with Gasteiger partial charge in [0.15, 0.2) is 0 Å². The van der Waals surface area contributed by atoms with Gasteiger partial charge < -0.3 is 0 Å². The van der Waals surface area contributed by atoms with E-state index in [1.54, 1.807) is 22.7 Å². The fourth-order valence-electron chi connectivity index (χ4n) is 1.72. The topological polar surface area (TPSA) is 38.7 Å². The van der Waals surface area contributed by atoms with Crippen molar-refractivity contribution in [3.05, 3.63) is 25.6 Å². The zero-order valence-corrected chi connectivity index (χ0v) is 11.7. The molecular formula is C12H15N3S2. The molecule has 90 valence electrons. The fraction of sp³-hybridized carbons (Fsp3) is 0.583. The molecule has 0 atom stereocenters. The van der Waals surface area contributed by atoms with Crippen molar-refractivity contribution in [3.63, 3.8) is 0 Å². The average Bonchev–Trinajstić information content (AvgIpc) is 2.96. The summed E-state index contributed by atoms with van der Waals surface area (Å²) in [7, 11) is 0. The number of hydrogen-bond acceptors (Lipinski definition) is 5. The highest BCUT2D eigenvalue weighted by Gasteiger charge is 2.27. The van der Waals surface area contributed by atoms with Crippen molar-refractivity contribution in [3.8, 4) is 0 Å². The van der Waals surface area contributed by atoms with E-state index in [-0.39, 0.29) is 0 Å². The molecule has 0 spiro atoms. The number of hydrogen-bond donors (Lipinski definition) is 0. The molecule has 17 heavy (non-hydrogen) atoms. The van der Waals surface area contributed by atoms with Crippen LogP contribution in [0.3, 0.4) is 0 Å². The molecule has 0 bridgehead atoms. The Morgan fingerprint density at radius 1 is 1.06 bits per heavy atom. The molecule has 1 aliphatic carbocycles. The van der Waals surface area contributed by atoms with Crippen LogP contribution < -0.4 is 0 Å². The van der Waals surface area contributed by atoms with E-state index < -0.39 is 0 Å². The van der Waals surface area contributed by atoms with Crippen LogP contribution >= 0.6 is 22.7 Å². The summed E-state index contributed by atoms with van der Waals surface area (Å²) in [4.78, 5) is 5.88. The van der Waals surface area contributed by atoms with Crippen molar-refractivity contribution in [2.24, 2.45) is 0 Å². The molecule has 0 amide bonds. The highest BCUT2D eigenvalue weighted by Crippen LogP contribution is 2.41. The predicted molar refractivity (Wildman–Crippen MR) is 70.9 cm³/mol. The molecule has 0 saturated heterocycles. The van der Waals surface area contributed by atoms with Crippen molar-refractivity contribution >= 4 is 22.7 Å². The van der Waals surface area contributed by atoms with Gasteiger partial charge in [-0.1, -0.05) is 0 Å². The highest BCUT2D eigenvalue weighted by molar-refractivity contribution is 7.12. The number of thiazole rings is 1. The van der Waals surface area contributed by atoms with Crippen LogP contribution in [0, 0.1) is 13.8 Å². The lowest BCUT2D eigenvalue weighted by atomic mass is 10.3.